The molecule has 1 aliphatic carbocycles. The number of nitrogens with zero attached hydrogens (tertiary/aromatic N) is 2. The highest BCUT2D eigenvalue weighted by Gasteiger charge is 2.38. The lowest BCUT2D eigenvalue weighted by Gasteiger charge is -2.20. The van der Waals surface area contributed by atoms with Crippen molar-refractivity contribution >= 4 is 5.71 Å². The summed E-state index contributed by atoms with van der Waals surface area (Å²) in [6.45, 7) is 2.02. The van der Waals surface area contributed by atoms with Crippen molar-refractivity contribution < 1.29 is 14.3 Å². The summed E-state index contributed by atoms with van der Waals surface area (Å²) in [4.78, 5) is 10.2. The summed E-state index contributed by atoms with van der Waals surface area (Å²) in [5.74, 6) is 1.54. The van der Waals surface area contributed by atoms with E-state index in [-0.39, 0.29) is 6.10 Å². The number of rotatable bonds is 5. The van der Waals surface area contributed by atoms with Gasteiger partial charge in [0.05, 0.1) is 24.6 Å². The van der Waals surface area contributed by atoms with E-state index >= 15 is 0 Å². The number of ether oxygens (including phenoxy) is 2. The standard InChI is InChI=1S/C21H24N2O3/c1-21(20-9-5-6-12-22-20)14-17(23-26-21)15-10-11-18(24-2)19(13-15)25-16-7-3-4-8-16/h5-6,9-13,16H,3-4,7-8,14H2,1-2H3. The highest BCUT2D eigenvalue weighted by atomic mass is 16.7. The third-order valence-electron chi connectivity index (χ3n) is 5.16. The number of benzene rings is 1. The summed E-state index contributed by atoms with van der Waals surface area (Å²) >= 11 is 0. The Labute approximate surface area is 154 Å². The molecule has 1 saturated carbocycles. The first-order valence-corrected chi connectivity index (χ1v) is 9.19. The van der Waals surface area contributed by atoms with Crippen LogP contribution in [0.2, 0.25) is 0 Å². The van der Waals surface area contributed by atoms with Gasteiger partial charge >= 0.3 is 0 Å². The molecule has 2 aromatic rings. The maximum Gasteiger partial charge on any atom is 0.182 e. The molecule has 26 heavy (non-hydrogen) atoms. The second-order valence-corrected chi connectivity index (χ2v) is 7.14. The Morgan fingerprint density at radius 3 is 2.69 bits per heavy atom. The molecule has 0 saturated heterocycles. The van der Waals surface area contributed by atoms with Gasteiger partial charge in [0, 0.05) is 18.2 Å². The average Bonchev–Trinajstić information content (AvgIpc) is 3.33. The number of oxime groups is 1. The van der Waals surface area contributed by atoms with Crippen LogP contribution >= 0.6 is 0 Å². The van der Waals surface area contributed by atoms with Crippen LogP contribution in [0.25, 0.3) is 0 Å². The molecule has 1 aromatic carbocycles. The van der Waals surface area contributed by atoms with E-state index in [0.717, 1.165) is 41.3 Å². The molecule has 2 heterocycles. The topological polar surface area (TPSA) is 52.9 Å². The summed E-state index contributed by atoms with van der Waals surface area (Å²) in [7, 11) is 1.67. The van der Waals surface area contributed by atoms with Crippen molar-refractivity contribution in [1.29, 1.82) is 0 Å². The van der Waals surface area contributed by atoms with Crippen LogP contribution in [0.3, 0.4) is 0 Å². The molecule has 1 aromatic heterocycles. The van der Waals surface area contributed by atoms with Crippen molar-refractivity contribution in [3.63, 3.8) is 0 Å². The third kappa shape index (κ3) is 3.26. The lowest BCUT2D eigenvalue weighted by atomic mass is 9.92. The Hall–Kier alpha value is -2.56. The minimum Gasteiger partial charge on any atom is -0.493 e. The predicted octanol–water partition coefficient (Wildman–Crippen LogP) is 4.45. The number of pyridine rings is 1. The van der Waals surface area contributed by atoms with Crippen LogP contribution in [-0.4, -0.2) is 23.9 Å². The second-order valence-electron chi connectivity index (χ2n) is 7.14. The third-order valence-corrected chi connectivity index (χ3v) is 5.16. The Balaban J connectivity index is 1.56. The molecule has 4 rings (SSSR count). The van der Waals surface area contributed by atoms with E-state index in [1.54, 1.807) is 13.3 Å². The first-order valence-electron chi connectivity index (χ1n) is 9.19. The van der Waals surface area contributed by atoms with Crippen molar-refractivity contribution in [3.05, 3.63) is 53.9 Å². The summed E-state index contributed by atoms with van der Waals surface area (Å²) in [6, 6.07) is 11.8. The maximum atomic E-state index is 6.20. The zero-order valence-electron chi connectivity index (χ0n) is 15.3. The average molecular weight is 352 g/mol. The summed E-state index contributed by atoms with van der Waals surface area (Å²) in [5, 5.41) is 4.34. The van der Waals surface area contributed by atoms with Gasteiger partial charge in [0.1, 0.15) is 0 Å². The van der Waals surface area contributed by atoms with Gasteiger partial charge in [0.15, 0.2) is 17.1 Å². The first-order chi connectivity index (χ1) is 12.7. The zero-order chi connectivity index (χ0) is 18.0. The fourth-order valence-electron chi connectivity index (χ4n) is 3.64. The van der Waals surface area contributed by atoms with Crippen molar-refractivity contribution in [2.24, 2.45) is 5.16 Å². The molecule has 0 bridgehead atoms. The van der Waals surface area contributed by atoms with Gasteiger partial charge in [-0.1, -0.05) is 11.2 Å². The fourth-order valence-corrected chi connectivity index (χ4v) is 3.64. The Morgan fingerprint density at radius 1 is 1.12 bits per heavy atom. The fraction of sp³-hybridized carbons (Fsp3) is 0.429. The molecule has 1 atom stereocenters. The van der Waals surface area contributed by atoms with Gasteiger partial charge in [-0.05, 0) is 62.9 Å². The molecular formula is C21H24N2O3. The summed E-state index contributed by atoms with van der Waals surface area (Å²) in [6.07, 6.45) is 7.40. The van der Waals surface area contributed by atoms with Crippen molar-refractivity contribution in [2.75, 3.05) is 7.11 Å². The second kappa shape index (κ2) is 6.98. The molecule has 0 spiro atoms. The van der Waals surface area contributed by atoms with E-state index in [2.05, 4.69) is 10.1 Å². The molecule has 1 fully saturated rings. The summed E-state index contributed by atoms with van der Waals surface area (Å²) in [5.41, 5.74) is 2.24. The molecule has 0 amide bonds. The molecule has 5 nitrogen and oxygen atoms in total. The number of hydrogen-bond donors (Lipinski definition) is 0. The number of methoxy groups -OCH3 is 1. The zero-order valence-corrected chi connectivity index (χ0v) is 15.3. The van der Waals surface area contributed by atoms with Gasteiger partial charge in [-0.3, -0.25) is 4.98 Å². The van der Waals surface area contributed by atoms with E-state index in [4.69, 9.17) is 14.3 Å². The Kier molecular flexibility index (Phi) is 4.53. The lowest BCUT2D eigenvalue weighted by Crippen LogP contribution is -2.23. The molecule has 136 valence electrons. The molecule has 0 N–H and O–H groups in total. The predicted molar refractivity (Wildman–Crippen MR) is 99.7 cm³/mol. The highest BCUT2D eigenvalue weighted by molar-refractivity contribution is 6.02. The van der Waals surface area contributed by atoms with Crippen molar-refractivity contribution in [3.8, 4) is 11.5 Å². The van der Waals surface area contributed by atoms with Crippen LogP contribution in [0.4, 0.5) is 0 Å². The quantitative estimate of drug-likeness (QED) is 0.798. The van der Waals surface area contributed by atoms with Crippen LogP contribution in [0, 0.1) is 0 Å². The lowest BCUT2D eigenvalue weighted by molar-refractivity contribution is -0.0108. The number of hydrogen-bond acceptors (Lipinski definition) is 5. The van der Waals surface area contributed by atoms with Gasteiger partial charge in [0.25, 0.3) is 0 Å². The molecule has 0 radical (unpaired) electrons. The molecule has 2 aliphatic rings. The monoisotopic (exact) mass is 352 g/mol. The first kappa shape index (κ1) is 16.9. The van der Waals surface area contributed by atoms with Crippen LogP contribution in [0.1, 0.15) is 50.3 Å². The number of aromatic nitrogens is 1. The van der Waals surface area contributed by atoms with Crippen molar-refractivity contribution in [1.82, 2.24) is 4.98 Å². The van der Waals surface area contributed by atoms with Gasteiger partial charge in [-0.25, -0.2) is 0 Å². The smallest absolute Gasteiger partial charge is 0.182 e. The van der Waals surface area contributed by atoms with E-state index in [1.165, 1.54) is 12.8 Å². The van der Waals surface area contributed by atoms with E-state index in [0.29, 0.717) is 6.42 Å². The normalized spacial score (nSPS) is 22.8. The largest absolute Gasteiger partial charge is 0.493 e. The highest BCUT2D eigenvalue weighted by Crippen LogP contribution is 2.37. The van der Waals surface area contributed by atoms with E-state index < -0.39 is 5.60 Å². The Bertz CT molecular complexity index is 800. The minimum absolute atomic E-state index is 0.278. The maximum absolute atomic E-state index is 6.20. The Morgan fingerprint density at radius 2 is 1.96 bits per heavy atom. The van der Waals surface area contributed by atoms with E-state index in [1.807, 2.05) is 43.3 Å². The molecular weight excluding hydrogens is 328 g/mol. The van der Waals surface area contributed by atoms with Crippen LogP contribution in [0.5, 0.6) is 11.5 Å². The van der Waals surface area contributed by atoms with Crippen LogP contribution < -0.4 is 9.47 Å². The van der Waals surface area contributed by atoms with Gasteiger partial charge in [0.2, 0.25) is 0 Å². The van der Waals surface area contributed by atoms with Crippen LogP contribution in [-0.2, 0) is 10.4 Å². The van der Waals surface area contributed by atoms with Gasteiger partial charge in [-0.2, -0.15) is 0 Å². The van der Waals surface area contributed by atoms with E-state index in [9.17, 15) is 0 Å². The molecule has 1 aliphatic heterocycles. The van der Waals surface area contributed by atoms with Crippen molar-refractivity contribution in [2.45, 2.75) is 50.7 Å². The SMILES string of the molecule is COc1ccc(C2=NOC(C)(c3ccccn3)C2)cc1OC1CCCC1. The molecule has 1 unspecified atom stereocenters. The minimum atomic E-state index is -0.539. The summed E-state index contributed by atoms with van der Waals surface area (Å²) < 4.78 is 11.7. The van der Waals surface area contributed by atoms with Gasteiger partial charge in [-0.15, -0.1) is 0 Å². The molecule has 5 heteroatoms. The van der Waals surface area contributed by atoms with Crippen LogP contribution in [0.15, 0.2) is 47.8 Å². The van der Waals surface area contributed by atoms with Gasteiger partial charge < -0.3 is 14.3 Å².